The van der Waals surface area contributed by atoms with E-state index < -0.39 is 0 Å². The van der Waals surface area contributed by atoms with E-state index in [4.69, 9.17) is 10.7 Å². The summed E-state index contributed by atoms with van der Waals surface area (Å²) in [4.78, 5) is 19.2. The number of hydrogen-bond acceptors (Lipinski definition) is 7. The molecule has 0 radical (unpaired) electrons. The Morgan fingerprint density at radius 1 is 0.886 bits per heavy atom. The molecule has 0 atom stereocenters. The Morgan fingerprint density at radius 2 is 1.69 bits per heavy atom. The van der Waals surface area contributed by atoms with Crippen LogP contribution in [0, 0.1) is 0 Å². The molecule has 0 unspecified atom stereocenters. The summed E-state index contributed by atoms with van der Waals surface area (Å²) in [6, 6.07) is 17.4. The molecule has 8 nitrogen and oxygen atoms in total. The maximum Gasteiger partial charge on any atom is 0.229 e. The third-order valence-corrected chi connectivity index (χ3v) is 7.42. The monoisotopic (exact) mass is 466 g/mol. The molecule has 3 N–H and O–H groups in total. The van der Waals surface area contributed by atoms with Crippen molar-refractivity contribution in [3.8, 4) is 5.82 Å². The SMILES string of the molecule is Nc1cccc(-n2c(C3CC3)cc3cnc(Nc4ccc(N5CCN(C6CC6)CC5)cc4)nc32)n1. The van der Waals surface area contributed by atoms with Gasteiger partial charge in [0.15, 0.2) is 5.65 Å². The second-order valence-electron chi connectivity index (χ2n) is 10.00. The first-order chi connectivity index (χ1) is 17.2. The van der Waals surface area contributed by atoms with Crippen molar-refractivity contribution in [3.63, 3.8) is 0 Å². The van der Waals surface area contributed by atoms with E-state index in [1.807, 2.05) is 24.4 Å². The molecule has 3 fully saturated rings. The lowest BCUT2D eigenvalue weighted by Gasteiger charge is -2.36. The van der Waals surface area contributed by atoms with E-state index in [0.29, 0.717) is 17.7 Å². The number of nitrogens with zero attached hydrogens (tertiary/aromatic N) is 6. The zero-order valence-electron chi connectivity index (χ0n) is 19.8. The summed E-state index contributed by atoms with van der Waals surface area (Å²) in [6.45, 7) is 4.54. The van der Waals surface area contributed by atoms with Crippen LogP contribution in [-0.2, 0) is 0 Å². The van der Waals surface area contributed by atoms with E-state index in [2.05, 4.69) is 60.0 Å². The van der Waals surface area contributed by atoms with Crippen molar-refractivity contribution in [2.45, 2.75) is 37.6 Å². The van der Waals surface area contributed by atoms with Crippen LogP contribution in [0.3, 0.4) is 0 Å². The summed E-state index contributed by atoms with van der Waals surface area (Å²) in [6.07, 6.45) is 7.05. The van der Waals surface area contributed by atoms with Crippen molar-refractivity contribution in [1.29, 1.82) is 0 Å². The highest BCUT2D eigenvalue weighted by atomic mass is 15.3. The minimum absolute atomic E-state index is 0.507. The molecule has 4 aromatic rings. The van der Waals surface area contributed by atoms with Gasteiger partial charge in [0, 0.05) is 60.9 Å². The average Bonchev–Trinajstić information content (AvgIpc) is 3.81. The van der Waals surface area contributed by atoms with Gasteiger partial charge in [-0.25, -0.2) is 9.97 Å². The second kappa shape index (κ2) is 8.23. The van der Waals surface area contributed by atoms with Crippen molar-refractivity contribution in [3.05, 3.63) is 60.4 Å². The van der Waals surface area contributed by atoms with Crippen LogP contribution in [0.1, 0.15) is 37.3 Å². The molecule has 2 saturated carbocycles. The van der Waals surface area contributed by atoms with Crippen molar-refractivity contribution >= 4 is 34.2 Å². The van der Waals surface area contributed by atoms with Crippen LogP contribution in [0.25, 0.3) is 16.9 Å². The molecule has 1 aliphatic heterocycles. The standard InChI is InChI=1S/C27H30N8/c28-24-2-1-3-25(31-24)35-23(18-4-5-18)16-19-17-29-27(32-26(19)35)30-20-6-8-21(9-7-20)33-12-14-34(15-13-33)22-10-11-22/h1-3,6-9,16-18,22H,4-5,10-15H2,(H2,28,31)(H,29,30,32). The maximum atomic E-state index is 6.00. The highest BCUT2D eigenvalue weighted by molar-refractivity contribution is 5.80. The topological polar surface area (TPSA) is 88.1 Å². The van der Waals surface area contributed by atoms with Crippen LogP contribution in [0.5, 0.6) is 0 Å². The summed E-state index contributed by atoms with van der Waals surface area (Å²) in [5.74, 6) is 2.43. The summed E-state index contributed by atoms with van der Waals surface area (Å²) >= 11 is 0. The lowest BCUT2D eigenvalue weighted by molar-refractivity contribution is 0.248. The van der Waals surface area contributed by atoms with Crippen molar-refractivity contribution < 1.29 is 0 Å². The predicted octanol–water partition coefficient (Wildman–Crippen LogP) is 4.30. The first-order valence-electron chi connectivity index (χ1n) is 12.7. The fourth-order valence-electron chi connectivity index (χ4n) is 5.22. The van der Waals surface area contributed by atoms with Crippen LogP contribution in [-0.4, -0.2) is 56.6 Å². The minimum Gasteiger partial charge on any atom is -0.384 e. The van der Waals surface area contributed by atoms with Gasteiger partial charge in [-0.2, -0.15) is 4.98 Å². The molecule has 178 valence electrons. The van der Waals surface area contributed by atoms with E-state index >= 15 is 0 Å². The Balaban J connectivity index is 1.13. The molecular weight excluding hydrogens is 436 g/mol. The van der Waals surface area contributed by atoms with Crippen molar-refractivity contribution in [2.75, 3.05) is 42.1 Å². The number of aromatic nitrogens is 4. The van der Waals surface area contributed by atoms with Crippen LogP contribution < -0.4 is 16.0 Å². The lowest BCUT2D eigenvalue weighted by Crippen LogP contribution is -2.47. The minimum atomic E-state index is 0.507. The number of nitrogens with one attached hydrogen (secondary N) is 1. The number of pyridine rings is 1. The van der Waals surface area contributed by atoms with E-state index in [1.54, 1.807) is 0 Å². The number of piperazine rings is 1. The molecule has 4 heterocycles. The quantitative estimate of drug-likeness (QED) is 0.438. The normalized spacial score (nSPS) is 18.8. The Morgan fingerprint density at radius 3 is 2.40 bits per heavy atom. The van der Waals surface area contributed by atoms with Gasteiger partial charge in [-0.05, 0) is 74.1 Å². The molecule has 1 aromatic carbocycles. The number of fused-ring (bicyclic) bond motifs is 1. The number of nitrogen functional groups attached to an aromatic ring is 1. The molecule has 35 heavy (non-hydrogen) atoms. The molecule has 2 aliphatic carbocycles. The predicted molar refractivity (Wildman–Crippen MR) is 140 cm³/mol. The summed E-state index contributed by atoms with van der Waals surface area (Å²) < 4.78 is 2.14. The number of hydrogen-bond donors (Lipinski definition) is 2. The largest absolute Gasteiger partial charge is 0.384 e. The third-order valence-electron chi connectivity index (χ3n) is 7.42. The third kappa shape index (κ3) is 4.08. The zero-order chi connectivity index (χ0) is 23.4. The van der Waals surface area contributed by atoms with Gasteiger partial charge >= 0.3 is 0 Å². The van der Waals surface area contributed by atoms with Crippen molar-refractivity contribution in [2.24, 2.45) is 0 Å². The van der Waals surface area contributed by atoms with Crippen LogP contribution in [0.4, 0.5) is 23.1 Å². The first-order valence-corrected chi connectivity index (χ1v) is 12.7. The summed E-state index contributed by atoms with van der Waals surface area (Å²) in [5, 5.41) is 4.41. The van der Waals surface area contributed by atoms with Gasteiger partial charge in [-0.1, -0.05) is 6.07 Å². The van der Waals surface area contributed by atoms with Gasteiger partial charge in [0.05, 0.1) is 0 Å². The number of rotatable bonds is 6. The molecule has 3 aromatic heterocycles. The van der Waals surface area contributed by atoms with Gasteiger partial charge in [0.25, 0.3) is 0 Å². The highest BCUT2D eigenvalue weighted by Gasteiger charge is 2.31. The van der Waals surface area contributed by atoms with Gasteiger partial charge in [-0.3, -0.25) is 9.47 Å². The smallest absolute Gasteiger partial charge is 0.229 e. The Labute approximate surface area is 204 Å². The summed E-state index contributed by atoms with van der Waals surface area (Å²) in [7, 11) is 0. The molecule has 1 saturated heterocycles. The lowest BCUT2D eigenvalue weighted by atomic mass is 10.2. The van der Waals surface area contributed by atoms with Crippen LogP contribution >= 0.6 is 0 Å². The number of benzene rings is 1. The molecule has 0 bridgehead atoms. The van der Waals surface area contributed by atoms with E-state index in [-0.39, 0.29) is 0 Å². The average molecular weight is 467 g/mol. The summed E-state index contributed by atoms with van der Waals surface area (Å²) in [5.41, 5.74) is 10.3. The van der Waals surface area contributed by atoms with E-state index in [0.717, 1.165) is 41.7 Å². The van der Waals surface area contributed by atoms with E-state index in [1.165, 1.54) is 50.2 Å². The molecule has 7 rings (SSSR count). The second-order valence-corrected chi connectivity index (χ2v) is 10.00. The molecule has 0 amide bonds. The Bertz CT molecular complexity index is 1360. The maximum absolute atomic E-state index is 6.00. The van der Waals surface area contributed by atoms with Gasteiger partial charge in [-0.15, -0.1) is 0 Å². The van der Waals surface area contributed by atoms with Gasteiger partial charge < -0.3 is 16.0 Å². The molecule has 3 aliphatic rings. The molecule has 8 heteroatoms. The van der Waals surface area contributed by atoms with Crippen LogP contribution in [0.15, 0.2) is 54.7 Å². The first kappa shape index (κ1) is 20.7. The fraction of sp³-hybridized carbons (Fsp3) is 0.370. The Kier molecular flexibility index (Phi) is 4.87. The zero-order valence-corrected chi connectivity index (χ0v) is 19.8. The number of anilines is 4. The van der Waals surface area contributed by atoms with Gasteiger partial charge in [0.2, 0.25) is 5.95 Å². The fourth-order valence-corrected chi connectivity index (χ4v) is 5.22. The molecular formula is C27H30N8. The number of nitrogens with two attached hydrogens (primary N) is 1. The van der Waals surface area contributed by atoms with Crippen molar-refractivity contribution in [1.82, 2.24) is 24.4 Å². The van der Waals surface area contributed by atoms with E-state index in [9.17, 15) is 0 Å². The van der Waals surface area contributed by atoms with Gasteiger partial charge in [0.1, 0.15) is 11.6 Å². The highest BCUT2D eigenvalue weighted by Crippen LogP contribution is 2.43. The Hall–Kier alpha value is -3.65. The van der Waals surface area contributed by atoms with Crippen LogP contribution in [0.2, 0.25) is 0 Å². The molecule has 0 spiro atoms.